The summed E-state index contributed by atoms with van der Waals surface area (Å²) in [5.74, 6) is -0.245. The Labute approximate surface area is 87.3 Å². The molecule has 0 radical (unpaired) electrons. The Balaban J connectivity index is 2.27. The molecule has 1 aromatic heterocycles. The van der Waals surface area contributed by atoms with Gasteiger partial charge < -0.3 is 10.1 Å². The number of nitrogens with zero attached hydrogens (tertiary/aromatic N) is 1. The van der Waals surface area contributed by atoms with Gasteiger partial charge in [0, 0.05) is 17.6 Å². The molecule has 1 rings (SSSR count). The van der Waals surface area contributed by atoms with Crippen LogP contribution in [0.5, 0.6) is 0 Å². The van der Waals surface area contributed by atoms with Gasteiger partial charge in [-0.15, -0.1) is 11.3 Å². The summed E-state index contributed by atoms with van der Waals surface area (Å²) in [4.78, 5) is 16.1. The molecule has 14 heavy (non-hydrogen) atoms. The minimum atomic E-state index is -0.245. The summed E-state index contributed by atoms with van der Waals surface area (Å²) in [5.41, 5.74) is 0. The zero-order valence-corrected chi connectivity index (χ0v) is 9.19. The van der Waals surface area contributed by atoms with Crippen LogP contribution in [0, 0.1) is 0 Å². The first-order chi connectivity index (χ1) is 6.76. The summed E-state index contributed by atoms with van der Waals surface area (Å²) < 4.78 is 4.50. The highest BCUT2D eigenvalue weighted by Crippen LogP contribution is 2.12. The summed E-state index contributed by atoms with van der Waals surface area (Å²) >= 11 is 1.67. The van der Waals surface area contributed by atoms with Gasteiger partial charge in [0.25, 0.3) is 0 Å². The van der Waals surface area contributed by atoms with E-state index >= 15 is 0 Å². The highest BCUT2D eigenvalue weighted by molar-refractivity contribution is 7.11. The third-order valence-electron chi connectivity index (χ3n) is 1.70. The first kappa shape index (κ1) is 11.1. The molecule has 5 heteroatoms. The van der Waals surface area contributed by atoms with E-state index in [4.69, 9.17) is 0 Å². The molecule has 4 nitrogen and oxygen atoms in total. The molecule has 1 N–H and O–H groups in total. The summed E-state index contributed by atoms with van der Waals surface area (Å²) in [7, 11) is 1.38. The van der Waals surface area contributed by atoms with Crippen LogP contribution in [0.15, 0.2) is 6.20 Å². The molecule has 0 saturated heterocycles. The van der Waals surface area contributed by atoms with Crippen molar-refractivity contribution >= 4 is 17.3 Å². The van der Waals surface area contributed by atoms with Crippen molar-refractivity contribution in [1.29, 1.82) is 0 Å². The number of methoxy groups -OCH3 is 1. The lowest BCUT2D eigenvalue weighted by Gasteiger charge is -1.99. The fourth-order valence-corrected chi connectivity index (χ4v) is 1.79. The van der Waals surface area contributed by atoms with Crippen molar-refractivity contribution in [1.82, 2.24) is 10.3 Å². The summed E-state index contributed by atoms with van der Waals surface area (Å²) in [6.45, 7) is 2.99. The monoisotopic (exact) mass is 214 g/mol. The number of ether oxygens (including phenoxy) is 1. The molecule has 0 aliphatic rings. The first-order valence-corrected chi connectivity index (χ1v) is 5.29. The zero-order chi connectivity index (χ0) is 10.4. The van der Waals surface area contributed by atoms with Gasteiger partial charge in [-0.3, -0.25) is 4.79 Å². The predicted octanol–water partition coefficient (Wildman–Crippen LogP) is 0.968. The van der Waals surface area contributed by atoms with Crippen molar-refractivity contribution < 1.29 is 9.53 Å². The van der Waals surface area contributed by atoms with E-state index in [1.54, 1.807) is 11.3 Å². The van der Waals surface area contributed by atoms with Crippen LogP contribution >= 0.6 is 11.3 Å². The molecular formula is C9H14N2O2S. The second kappa shape index (κ2) is 5.72. The lowest BCUT2D eigenvalue weighted by Crippen LogP contribution is -2.22. The Morgan fingerprint density at radius 2 is 2.50 bits per heavy atom. The number of carbonyl (C=O) groups is 1. The Hall–Kier alpha value is -0.940. The van der Waals surface area contributed by atoms with Crippen LogP contribution in [0.4, 0.5) is 0 Å². The number of carbonyl (C=O) groups excluding carboxylic acids is 1. The van der Waals surface area contributed by atoms with Gasteiger partial charge in [-0.1, -0.05) is 6.92 Å². The van der Waals surface area contributed by atoms with Gasteiger partial charge in [-0.05, 0) is 6.42 Å². The topological polar surface area (TPSA) is 51.2 Å². The molecule has 0 amide bonds. The average Bonchev–Trinajstić information content (AvgIpc) is 2.65. The Bertz CT molecular complexity index is 299. The number of nitrogens with one attached hydrogen (secondary N) is 1. The van der Waals surface area contributed by atoms with Crippen LogP contribution in [-0.2, 0) is 22.5 Å². The molecule has 0 aromatic carbocycles. The van der Waals surface area contributed by atoms with E-state index in [9.17, 15) is 4.79 Å². The van der Waals surface area contributed by atoms with E-state index in [2.05, 4.69) is 22.0 Å². The zero-order valence-electron chi connectivity index (χ0n) is 8.37. The van der Waals surface area contributed by atoms with Crippen molar-refractivity contribution in [2.45, 2.75) is 19.9 Å². The van der Waals surface area contributed by atoms with Crippen molar-refractivity contribution in [3.05, 3.63) is 16.1 Å². The molecule has 0 bridgehead atoms. The van der Waals surface area contributed by atoms with Crippen LogP contribution < -0.4 is 5.32 Å². The molecule has 78 valence electrons. The second-order valence-electron chi connectivity index (χ2n) is 2.75. The number of esters is 1. The maximum absolute atomic E-state index is 10.8. The molecule has 0 atom stereocenters. The molecule has 0 unspecified atom stereocenters. The molecule has 1 heterocycles. The van der Waals surface area contributed by atoms with Crippen LogP contribution in [0.2, 0.25) is 0 Å². The minimum Gasteiger partial charge on any atom is -0.468 e. The third kappa shape index (κ3) is 3.43. The summed E-state index contributed by atoms with van der Waals surface area (Å²) in [6, 6.07) is 0. The second-order valence-corrected chi connectivity index (χ2v) is 3.95. The number of aromatic nitrogens is 1. The molecule has 0 aliphatic heterocycles. The van der Waals surface area contributed by atoms with E-state index in [1.165, 1.54) is 7.11 Å². The van der Waals surface area contributed by atoms with Crippen LogP contribution in [-0.4, -0.2) is 24.6 Å². The van der Waals surface area contributed by atoms with Crippen LogP contribution in [0.1, 0.15) is 16.8 Å². The van der Waals surface area contributed by atoms with E-state index in [0.717, 1.165) is 16.3 Å². The smallest absolute Gasteiger partial charge is 0.319 e. The Kier molecular flexibility index (Phi) is 4.55. The SMILES string of the molecule is CCc1ncc(CNCC(=O)OC)s1. The Morgan fingerprint density at radius 3 is 3.07 bits per heavy atom. The van der Waals surface area contributed by atoms with Crippen LogP contribution in [0.3, 0.4) is 0 Å². The minimum absolute atomic E-state index is 0.245. The van der Waals surface area contributed by atoms with E-state index in [1.807, 2.05) is 6.20 Å². The third-order valence-corrected chi connectivity index (χ3v) is 2.84. The fraction of sp³-hybridized carbons (Fsp3) is 0.556. The lowest BCUT2D eigenvalue weighted by atomic mass is 10.5. The van der Waals surface area contributed by atoms with E-state index in [-0.39, 0.29) is 12.5 Å². The van der Waals surface area contributed by atoms with Gasteiger partial charge in [0.05, 0.1) is 18.7 Å². The number of hydrogen-bond acceptors (Lipinski definition) is 5. The standard InChI is InChI=1S/C9H14N2O2S/c1-3-8-11-5-7(14-8)4-10-6-9(12)13-2/h5,10H,3-4,6H2,1-2H3. The number of rotatable bonds is 5. The maximum atomic E-state index is 10.8. The lowest BCUT2D eigenvalue weighted by molar-refractivity contribution is -0.139. The summed E-state index contributed by atoms with van der Waals surface area (Å²) in [5, 5.41) is 4.11. The summed E-state index contributed by atoms with van der Waals surface area (Å²) in [6.07, 6.45) is 2.80. The highest BCUT2D eigenvalue weighted by atomic mass is 32.1. The molecular weight excluding hydrogens is 200 g/mol. The molecule has 0 aliphatic carbocycles. The molecule has 0 fully saturated rings. The molecule has 0 saturated carbocycles. The van der Waals surface area contributed by atoms with Gasteiger partial charge in [0.1, 0.15) is 0 Å². The molecule has 1 aromatic rings. The molecule has 0 spiro atoms. The van der Waals surface area contributed by atoms with Crippen molar-refractivity contribution in [2.24, 2.45) is 0 Å². The maximum Gasteiger partial charge on any atom is 0.319 e. The number of aryl methyl sites for hydroxylation is 1. The van der Waals surface area contributed by atoms with E-state index in [0.29, 0.717) is 6.54 Å². The van der Waals surface area contributed by atoms with Gasteiger partial charge >= 0.3 is 5.97 Å². The Morgan fingerprint density at radius 1 is 1.71 bits per heavy atom. The average molecular weight is 214 g/mol. The quantitative estimate of drug-likeness (QED) is 0.742. The normalized spacial score (nSPS) is 10.1. The highest BCUT2D eigenvalue weighted by Gasteiger charge is 2.02. The fourth-order valence-electron chi connectivity index (χ4n) is 0.953. The van der Waals surface area contributed by atoms with Crippen LogP contribution in [0.25, 0.3) is 0 Å². The van der Waals surface area contributed by atoms with Crippen molar-refractivity contribution in [3.8, 4) is 0 Å². The predicted molar refractivity (Wildman–Crippen MR) is 55.2 cm³/mol. The van der Waals surface area contributed by atoms with E-state index < -0.39 is 0 Å². The largest absolute Gasteiger partial charge is 0.468 e. The van der Waals surface area contributed by atoms with Gasteiger partial charge in [-0.25, -0.2) is 4.98 Å². The number of thiazole rings is 1. The van der Waals surface area contributed by atoms with Gasteiger partial charge in [0.2, 0.25) is 0 Å². The van der Waals surface area contributed by atoms with Gasteiger partial charge in [-0.2, -0.15) is 0 Å². The number of hydrogen-bond donors (Lipinski definition) is 1. The van der Waals surface area contributed by atoms with Gasteiger partial charge in [0.15, 0.2) is 0 Å². The van der Waals surface area contributed by atoms with Crippen molar-refractivity contribution in [3.63, 3.8) is 0 Å². The van der Waals surface area contributed by atoms with Crippen molar-refractivity contribution in [2.75, 3.05) is 13.7 Å². The first-order valence-electron chi connectivity index (χ1n) is 4.47.